The zero-order chi connectivity index (χ0) is 34.4. The van der Waals surface area contributed by atoms with Crippen molar-refractivity contribution in [2.24, 2.45) is 20.5 Å². The number of aromatic carboxylic acids is 1. The largest absolute Gasteiger partial charge is 0.505 e. The van der Waals surface area contributed by atoms with Gasteiger partial charge in [0.1, 0.15) is 21.2 Å². The van der Waals surface area contributed by atoms with Crippen molar-refractivity contribution in [3.63, 3.8) is 0 Å². The molecule has 0 aliphatic heterocycles. The Morgan fingerprint density at radius 1 is 0.565 bits per heavy atom. The molecule has 0 unspecified atom stereocenters. The highest BCUT2D eigenvalue weighted by molar-refractivity contribution is 7.87. The van der Waals surface area contributed by atoms with Crippen molar-refractivity contribution in [1.29, 1.82) is 0 Å². The lowest BCUT2D eigenvalue weighted by atomic mass is 10.1. The van der Waals surface area contributed by atoms with Crippen molar-refractivity contribution >= 4 is 80.0 Å². The summed E-state index contributed by atoms with van der Waals surface area (Å²) in [6.45, 7) is 0. The molecule has 6 N–H and O–H groups in total. The standard InChI is InChI=1S/C23H16N4O15S4/c28-22-20-11(7-15(44(34,35)36)10-18(20)45(37,38)39)8-19(46(40,41)42)21(22)27-26-17-6-3-13(9-16(17)23(29)30)25-24-12-1-4-14(5-2-12)43(31,32)33/h1-10,28H,(H,29,30)(H,31,32,33)(H,34,35,36)(H,37,38,39)(H,40,41,42). The predicted molar refractivity (Wildman–Crippen MR) is 153 cm³/mol. The summed E-state index contributed by atoms with van der Waals surface area (Å²) in [7, 11) is -20.3. The lowest BCUT2D eigenvalue weighted by Crippen LogP contribution is -2.06. The zero-order valence-electron chi connectivity index (χ0n) is 22.1. The fraction of sp³-hybridized carbons (Fsp3) is 0. The number of hydrogen-bond donors (Lipinski definition) is 6. The highest BCUT2D eigenvalue weighted by Gasteiger charge is 2.28. The number of nitrogens with zero attached hydrogens (tertiary/aromatic N) is 4. The van der Waals surface area contributed by atoms with Crippen molar-refractivity contribution < 1.29 is 66.9 Å². The first kappa shape index (κ1) is 34.1. The molecule has 46 heavy (non-hydrogen) atoms. The second-order valence-corrected chi connectivity index (χ2v) is 14.5. The van der Waals surface area contributed by atoms with E-state index >= 15 is 0 Å². The van der Waals surface area contributed by atoms with E-state index in [0.717, 1.165) is 30.3 Å². The molecule has 0 saturated carbocycles. The fourth-order valence-electron chi connectivity index (χ4n) is 3.82. The van der Waals surface area contributed by atoms with Crippen molar-refractivity contribution in [3.05, 3.63) is 66.2 Å². The van der Waals surface area contributed by atoms with Gasteiger partial charge < -0.3 is 10.2 Å². The van der Waals surface area contributed by atoms with Crippen LogP contribution in [-0.4, -0.2) is 68.1 Å². The summed E-state index contributed by atoms with van der Waals surface area (Å²) in [5.74, 6) is -2.99. The van der Waals surface area contributed by atoms with Crippen molar-refractivity contribution in [2.45, 2.75) is 19.6 Å². The Morgan fingerprint density at radius 3 is 1.63 bits per heavy atom. The molecule has 4 aromatic carbocycles. The van der Waals surface area contributed by atoms with Crippen LogP contribution >= 0.6 is 0 Å². The second kappa shape index (κ2) is 11.9. The molecule has 4 aromatic rings. The summed E-state index contributed by atoms with van der Waals surface area (Å²) in [5, 5.41) is 33.6. The number of phenolic OH excluding ortho intramolecular Hbond substituents is 1. The lowest BCUT2D eigenvalue weighted by Gasteiger charge is -2.12. The molecule has 0 aromatic heterocycles. The van der Waals surface area contributed by atoms with Crippen LogP contribution in [0, 0.1) is 0 Å². The molecule has 23 heteroatoms. The molecule has 0 fully saturated rings. The smallest absolute Gasteiger partial charge is 0.338 e. The van der Waals surface area contributed by atoms with Gasteiger partial charge in [0.15, 0.2) is 5.75 Å². The van der Waals surface area contributed by atoms with Crippen LogP contribution in [0.4, 0.5) is 22.7 Å². The second-order valence-electron chi connectivity index (χ2n) is 8.89. The van der Waals surface area contributed by atoms with Gasteiger partial charge in [-0.1, -0.05) is 0 Å². The molecule has 0 radical (unpaired) electrons. The van der Waals surface area contributed by atoms with Crippen LogP contribution in [0.3, 0.4) is 0 Å². The Hall–Kier alpha value is -4.75. The average Bonchev–Trinajstić information content (AvgIpc) is 2.93. The number of fused-ring (bicyclic) bond motifs is 1. The summed E-state index contributed by atoms with van der Waals surface area (Å²) >= 11 is 0. The minimum absolute atomic E-state index is 0.0881. The maximum Gasteiger partial charge on any atom is 0.338 e. The van der Waals surface area contributed by atoms with Gasteiger partial charge >= 0.3 is 5.97 Å². The molecule has 0 spiro atoms. The predicted octanol–water partition coefficient (Wildman–Crippen LogP) is 4.06. The summed E-state index contributed by atoms with van der Waals surface area (Å²) in [6, 6.07) is 8.77. The third-order valence-electron chi connectivity index (χ3n) is 5.82. The SMILES string of the molecule is O=C(O)c1cc(N=Nc2ccc(S(=O)(=O)O)cc2)ccc1N=Nc1c(S(=O)(=O)O)cc2cc(S(=O)(=O)O)cc(S(=O)(=O)O)c2c1O. The minimum Gasteiger partial charge on any atom is -0.505 e. The molecule has 242 valence electrons. The third-order valence-corrected chi connectivity index (χ3v) is 9.27. The van der Waals surface area contributed by atoms with Crippen LogP contribution in [0.2, 0.25) is 0 Å². The molecule has 0 saturated heterocycles. The Kier molecular flexibility index (Phi) is 8.81. The number of carboxylic acid groups (broad SMARTS) is 1. The van der Waals surface area contributed by atoms with Crippen molar-refractivity contribution in [1.82, 2.24) is 0 Å². The van der Waals surface area contributed by atoms with E-state index in [0.29, 0.717) is 12.1 Å². The van der Waals surface area contributed by atoms with Gasteiger partial charge in [0, 0.05) is 5.39 Å². The van der Waals surface area contributed by atoms with Gasteiger partial charge in [0.05, 0.1) is 26.7 Å². The van der Waals surface area contributed by atoms with E-state index in [1.807, 2.05) is 0 Å². The molecular formula is C23H16N4O15S4. The van der Waals surface area contributed by atoms with E-state index in [2.05, 4.69) is 20.5 Å². The van der Waals surface area contributed by atoms with E-state index < -0.39 is 99.5 Å². The van der Waals surface area contributed by atoms with Gasteiger partial charge in [-0.15, -0.1) is 10.2 Å². The zero-order valence-corrected chi connectivity index (χ0v) is 25.3. The van der Waals surface area contributed by atoms with Gasteiger partial charge in [-0.3, -0.25) is 18.2 Å². The quantitative estimate of drug-likeness (QED) is 0.105. The van der Waals surface area contributed by atoms with Crippen molar-refractivity contribution in [2.75, 3.05) is 0 Å². The van der Waals surface area contributed by atoms with E-state index in [4.69, 9.17) is 4.55 Å². The molecule has 0 heterocycles. The first-order valence-electron chi connectivity index (χ1n) is 11.6. The van der Waals surface area contributed by atoms with E-state index in [1.165, 1.54) is 12.1 Å². The van der Waals surface area contributed by atoms with Gasteiger partial charge in [-0.2, -0.15) is 43.9 Å². The first-order valence-corrected chi connectivity index (χ1v) is 17.4. The van der Waals surface area contributed by atoms with Crippen LogP contribution in [0.15, 0.2) is 101 Å². The molecule has 0 aliphatic carbocycles. The monoisotopic (exact) mass is 716 g/mol. The molecule has 0 atom stereocenters. The van der Waals surface area contributed by atoms with Crippen LogP contribution in [-0.2, 0) is 40.5 Å². The maximum absolute atomic E-state index is 12.1. The normalized spacial score (nSPS) is 13.1. The molecule has 0 aliphatic rings. The number of azo groups is 2. The summed E-state index contributed by atoms with van der Waals surface area (Å²) < 4.78 is 132. The summed E-state index contributed by atoms with van der Waals surface area (Å²) in [5.41, 5.74) is -2.26. The van der Waals surface area contributed by atoms with Crippen LogP contribution in [0.25, 0.3) is 10.8 Å². The highest BCUT2D eigenvalue weighted by Crippen LogP contribution is 2.45. The highest BCUT2D eigenvalue weighted by atomic mass is 32.2. The molecule has 0 bridgehead atoms. The topological polar surface area (TPSA) is 324 Å². The van der Waals surface area contributed by atoms with Crippen LogP contribution < -0.4 is 0 Å². The number of aromatic hydroxyl groups is 1. The molecular weight excluding hydrogens is 701 g/mol. The fourth-order valence-corrected chi connectivity index (χ4v) is 6.32. The number of carbonyl (C=O) groups is 1. The van der Waals surface area contributed by atoms with E-state index in [9.17, 15) is 62.3 Å². The molecule has 19 nitrogen and oxygen atoms in total. The van der Waals surface area contributed by atoms with Gasteiger partial charge in [-0.05, 0) is 66.0 Å². The summed E-state index contributed by atoms with van der Waals surface area (Å²) in [4.78, 5) is 7.79. The van der Waals surface area contributed by atoms with Crippen molar-refractivity contribution in [3.8, 4) is 5.75 Å². The first-order chi connectivity index (χ1) is 21.1. The van der Waals surface area contributed by atoms with Gasteiger partial charge in [-0.25, -0.2) is 4.79 Å². The number of carboxylic acids is 1. The Balaban J connectivity index is 1.86. The Bertz CT molecular complexity index is 2440. The average molecular weight is 717 g/mol. The summed E-state index contributed by atoms with van der Waals surface area (Å²) in [6.07, 6.45) is 0. The van der Waals surface area contributed by atoms with Crippen LogP contribution in [0.1, 0.15) is 10.4 Å². The number of benzene rings is 4. The number of phenols is 1. The Labute approximate surface area is 258 Å². The van der Waals surface area contributed by atoms with Gasteiger partial charge in [0.2, 0.25) is 0 Å². The number of hydrogen-bond acceptors (Lipinski definition) is 14. The minimum atomic E-state index is -5.38. The third kappa shape index (κ3) is 7.37. The lowest BCUT2D eigenvalue weighted by molar-refractivity contribution is 0.0697. The number of rotatable bonds is 9. The maximum atomic E-state index is 12.1. The molecule has 4 rings (SSSR count). The Morgan fingerprint density at radius 2 is 1.11 bits per heavy atom. The van der Waals surface area contributed by atoms with E-state index in [1.54, 1.807) is 0 Å². The van der Waals surface area contributed by atoms with Crippen LogP contribution in [0.5, 0.6) is 5.75 Å². The molecule has 0 amide bonds. The van der Waals surface area contributed by atoms with E-state index in [-0.39, 0.29) is 17.4 Å². The van der Waals surface area contributed by atoms with Gasteiger partial charge in [0.25, 0.3) is 40.5 Å².